The molecule has 1 aliphatic heterocycles. The predicted octanol–water partition coefficient (Wildman–Crippen LogP) is 3.77. The summed E-state index contributed by atoms with van der Waals surface area (Å²) in [5.74, 6) is 0.673. The molecule has 0 unspecified atom stereocenters. The summed E-state index contributed by atoms with van der Waals surface area (Å²) in [6.07, 6.45) is 6.09. The Morgan fingerprint density at radius 2 is 2.00 bits per heavy atom. The zero-order valence-corrected chi connectivity index (χ0v) is 14.9. The lowest BCUT2D eigenvalue weighted by Crippen LogP contribution is -2.31. The van der Waals surface area contributed by atoms with Crippen LogP contribution in [0, 0.1) is 0 Å². The maximum absolute atomic E-state index is 12.0. The number of carbonyl (C=O) groups excluding carboxylic acids is 1. The summed E-state index contributed by atoms with van der Waals surface area (Å²) in [6, 6.07) is 12.2. The van der Waals surface area contributed by atoms with Crippen molar-refractivity contribution in [1.29, 1.82) is 0 Å². The molecule has 4 rings (SSSR count). The molecule has 0 saturated carbocycles. The fourth-order valence-corrected chi connectivity index (χ4v) is 3.28. The van der Waals surface area contributed by atoms with Gasteiger partial charge in [-0.1, -0.05) is 37.6 Å². The summed E-state index contributed by atoms with van der Waals surface area (Å²) in [6.45, 7) is 2.88. The standard InChI is InChI=1S/C21H22N4O/c1-2-3-4-14-5-7-15(8-6-14)20-22-11-10-18(25-20)19-13-16-17(24-19)9-12-23-21(16)26/h5-8,10-11,13,24H,2-4,9,12H2,1H3,(H,23,26). The number of benzene rings is 1. The Morgan fingerprint density at radius 3 is 2.77 bits per heavy atom. The Hall–Kier alpha value is -2.95. The van der Waals surface area contributed by atoms with E-state index < -0.39 is 0 Å². The maximum atomic E-state index is 12.0. The smallest absolute Gasteiger partial charge is 0.253 e. The number of H-pyrrole nitrogens is 1. The fraction of sp³-hybridized carbons (Fsp3) is 0.286. The number of hydrogen-bond acceptors (Lipinski definition) is 3. The van der Waals surface area contributed by atoms with Gasteiger partial charge < -0.3 is 10.3 Å². The predicted molar refractivity (Wildman–Crippen MR) is 102 cm³/mol. The van der Waals surface area contributed by atoms with E-state index in [1.54, 1.807) is 6.20 Å². The van der Waals surface area contributed by atoms with Gasteiger partial charge in [-0.05, 0) is 30.5 Å². The molecule has 26 heavy (non-hydrogen) atoms. The number of unbranched alkanes of at least 4 members (excludes halogenated alkanes) is 1. The molecular formula is C21H22N4O. The zero-order valence-electron chi connectivity index (χ0n) is 14.9. The lowest BCUT2D eigenvalue weighted by atomic mass is 10.1. The van der Waals surface area contributed by atoms with Crippen molar-refractivity contribution in [3.05, 3.63) is 59.4 Å². The number of aryl methyl sites for hydroxylation is 1. The van der Waals surface area contributed by atoms with Crippen LogP contribution in [-0.4, -0.2) is 27.4 Å². The van der Waals surface area contributed by atoms with Crippen LogP contribution >= 0.6 is 0 Å². The summed E-state index contributed by atoms with van der Waals surface area (Å²) in [5, 5.41) is 2.87. The van der Waals surface area contributed by atoms with Crippen molar-refractivity contribution in [3.8, 4) is 22.8 Å². The minimum Gasteiger partial charge on any atom is -0.356 e. The van der Waals surface area contributed by atoms with Crippen LogP contribution in [0.2, 0.25) is 0 Å². The number of nitrogens with zero attached hydrogens (tertiary/aromatic N) is 2. The topological polar surface area (TPSA) is 70.7 Å². The molecular weight excluding hydrogens is 324 g/mol. The molecule has 0 radical (unpaired) electrons. The van der Waals surface area contributed by atoms with Crippen LogP contribution in [0.5, 0.6) is 0 Å². The van der Waals surface area contributed by atoms with Gasteiger partial charge in [-0.3, -0.25) is 4.79 Å². The number of carbonyl (C=O) groups is 1. The highest BCUT2D eigenvalue weighted by molar-refractivity contribution is 5.97. The molecule has 2 aromatic heterocycles. The van der Waals surface area contributed by atoms with E-state index in [4.69, 9.17) is 4.98 Å². The van der Waals surface area contributed by atoms with Gasteiger partial charge in [0.05, 0.1) is 17.0 Å². The highest BCUT2D eigenvalue weighted by atomic mass is 16.1. The maximum Gasteiger partial charge on any atom is 0.253 e. The normalized spacial score (nSPS) is 13.3. The third-order valence-electron chi connectivity index (χ3n) is 4.77. The molecule has 1 aliphatic rings. The fourth-order valence-electron chi connectivity index (χ4n) is 3.28. The molecule has 1 aromatic carbocycles. The first-order valence-electron chi connectivity index (χ1n) is 9.17. The van der Waals surface area contributed by atoms with Crippen molar-refractivity contribution >= 4 is 5.91 Å². The average Bonchev–Trinajstić information content (AvgIpc) is 3.13. The number of hydrogen-bond donors (Lipinski definition) is 2. The SMILES string of the molecule is CCCCc1ccc(-c2nccc(-c3cc4c([nH]3)CCNC4=O)n2)cc1. The van der Waals surface area contributed by atoms with Gasteiger partial charge in [0.25, 0.3) is 5.91 Å². The quantitative estimate of drug-likeness (QED) is 0.739. The van der Waals surface area contributed by atoms with Crippen molar-refractivity contribution in [2.24, 2.45) is 0 Å². The number of aromatic amines is 1. The minimum absolute atomic E-state index is 0.0225. The van der Waals surface area contributed by atoms with Gasteiger partial charge in [-0.15, -0.1) is 0 Å². The van der Waals surface area contributed by atoms with Gasteiger partial charge in [0.2, 0.25) is 0 Å². The van der Waals surface area contributed by atoms with Crippen molar-refractivity contribution in [3.63, 3.8) is 0 Å². The minimum atomic E-state index is -0.0225. The lowest BCUT2D eigenvalue weighted by molar-refractivity contribution is 0.0946. The Labute approximate surface area is 152 Å². The number of aromatic nitrogens is 3. The molecule has 0 saturated heterocycles. The van der Waals surface area contributed by atoms with Gasteiger partial charge >= 0.3 is 0 Å². The molecule has 0 spiro atoms. The summed E-state index contributed by atoms with van der Waals surface area (Å²) in [5.41, 5.74) is 5.69. The van der Waals surface area contributed by atoms with E-state index in [2.05, 4.69) is 46.5 Å². The van der Waals surface area contributed by atoms with E-state index in [-0.39, 0.29) is 5.91 Å². The van der Waals surface area contributed by atoms with Crippen LogP contribution < -0.4 is 5.32 Å². The molecule has 2 N–H and O–H groups in total. The first kappa shape index (κ1) is 16.5. The number of nitrogens with one attached hydrogen (secondary N) is 2. The molecule has 5 heteroatoms. The summed E-state index contributed by atoms with van der Waals surface area (Å²) in [7, 11) is 0. The van der Waals surface area contributed by atoms with Gasteiger partial charge in [-0.2, -0.15) is 0 Å². The van der Waals surface area contributed by atoms with E-state index in [1.165, 1.54) is 18.4 Å². The van der Waals surface area contributed by atoms with Crippen LogP contribution in [-0.2, 0) is 12.8 Å². The molecule has 0 fully saturated rings. The molecule has 132 valence electrons. The summed E-state index contributed by atoms with van der Waals surface area (Å²) >= 11 is 0. The highest BCUT2D eigenvalue weighted by Gasteiger charge is 2.20. The van der Waals surface area contributed by atoms with Crippen LogP contribution in [0.15, 0.2) is 42.6 Å². The largest absolute Gasteiger partial charge is 0.356 e. The van der Waals surface area contributed by atoms with Crippen LogP contribution in [0.3, 0.4) is 0 Å². The van der Waals surface area contributed by atoms with Crippen LogP contribution in [0.25, 0.3) is 22.8 Å². The van der Waals surface area contributed by atoms with E-state index in [0.717, 1.165) is 35.5 Å². The second-order valence-corrected chi connectivity index (χ2v) is 6.65. The Kier molecular flexibility index (Phi) is 4.52. The lowest BCUT2D eigenvalue weighted by Gasteiger charge is -2.10. The summed E-state index contributed by atoms with van der Waals surface area (Å²) < 4.78 is 0. The van der Waals surface area contributed by atoms with E-state index in [0.29, 0.717) is 17.9 Å². The third-order valence-corrected chi connectivity index (χ3v) is 4.77. The third kappa shape index (κ3) is 3.25. The summed E-state index contributed by atoms with van der Waals surface area (Å²) in [4.78, 5) is 24.4. The van der Waals surface area contributed by atoms with Gasteiger partial charge in [-0.25, -0.2) is 9.97 Å². The Balaban J connectivity index is 1.62. The Morgan fingerprint density at radius 1 is 1.15 bits per heavy atom. The molecule has 0 atom stereocenters. The second-order valence-electron chi connectivity index (χ2n) is 6.65. The number of amides is 1. The van der Waals surface area contributed by atoms with Crippen molar-refractivity contribution in [2.45, 2.75) is 32.6 Å². The molecule has 3 aromatic rings. The van der Waals surface area contributed by atoms with Crippen molar-refractivity contribution in [1.82, 2.24) is 20.3 Å². The van der Waals surface area contributed by atoms with Crippen LogP contribution in [0.4, 0.5) is 0 Å². The first-order chi connectivity index (χ1) is 12.7. The van der Waals surface area contributed by atoms with Crippen LogP contribution in [0.1, 0.15) is 41.4 Å². The van der Waals surface area contributed by atoms with Gasteiger partial charge in [0.1, 0.15) is 0 Å². The van der Waals surface area contributed by atoms with E-state index >= 15 is 0 Å². The Bertz CT molecular complexity index is 927. The second kappa shape index (κ2) is 7.12. The van der Waals surface area contributed by atoms with Crippen molar-refractivity contribution < 1.29 is 4.79 Å². The zero-order chi connectivity index (χ0) is 17.9. The molecule has 0 aliphatic carbocycles. The molecule has 5 nitrogen and oxygen atoms in total. The first-order valence-corrected chi connectivity index (χ1v) is 9.17. The van der Waals surface area contributed by atoms with E-state index in [9.17, 15) is 4.79 Å². The molecule has 3 heterocycles. The molecule has 1 amide bonds. The van der Waals surface area contributed by atoms with Gasteiger partial charge in [0.15, 0.2) is 5.82 Å². The average molecular weight is 346 g/mol. The van der Waals surface area contributed by atoms with E-state index in [1.807, 2.05) is 12.1 Å². The highest BCUT2D eigenvalue weighted by Crippen LogP contribution is 2.24. The number of fused-ring (bicyclic) bond motifs is 1. The van der Waals surface area contributed by atoms with Gasteiger partial charge in [0, 0.05) is 30.4 Å². The van der Waals surface area contributed by atoms with Crippen molar-refractivity contribution in [2.75, 3.05) is 6.54 Å². The molecule has 0 bridgehead atoms. The number of rotatable bonds is 5. The monoisotopic (exact) mass is 346 g/mol.